The number of hydrogen-bond acceptors (Lipinski definition) is 0. The highest BCUT2D eigenvalue weighted by Gasteiger charge is 2.32. The summed E-state index contributed by atoms with van der Waals surface area (Å²) in [5.41, 5.74) is -0.470. The highest BCUT2D eigenvalue weighted by atomic mass is 19.4. The Bertz CT molecular complexity index is 156. The zero-order valence-electron chi connectivity index (χ0n) is 6.32. The van der Waals surface area contributed by atoms with Gasteiger partial charge in [0.15, 0.2) is 0 Å². The first-order chi connectivity index (χ1) is 5.02. The molecular formula is C7H11BF3-. The lowest BCUT2D eigenvalue weighted by molar-refractivity contribution is 0.468. The summed E-state index contributed by atoms with van der Waals surface area (Å²) in [6.07, 6.45) is 3.21. The van der Waals surface area contributed by atoms with Gasteiger partial charge in [0.05, 0.1) is 0 Å². The number of halogens is 3. The molecule has 0 heterocycles. The fourth-order valence-corrected chi connectivity index (χ4v) is 1.56. The normalized spacial score (nSPS) is 20.6. The zero-order chi connectivity index (χ0) is 8.48. The van der Waals surface area contributed by atoms with Gasteiger partial charge < -0.3 is 12.9 Å². The van der Waals surface area contributed by atoms with Crippen LogP contribution in [0.2, 0.25) is 0 Å². The minimum Gasteiger partial charge on any atom is -0.445 e. The SMILES string of the molecule is C=C(C1CCCC1)[B-](F)(F)F. The Labute approximate surface area is 64.5 Å². The monoisotopic (exact) mass is 163 g/mol. The molecule has 0 spiro atoms. The van der Waals surface area contributed by atoms with Gasteiger partial charge in [0.1, 0.15) is 0 Å². The standard InChI is InChI=1S/C7H11BF3/c1-6(8(9,10)11)7-4-2-3-5-7/h7H,1-5H2/q-1. The minimum atomic E-state index is -4.78. The van der Waals surface area contributed by atoms with Crippen molar-refractivity contribution in [3.05, 3.63) is 12.1 Å². The molecule has 0 N–H and O–H groups in total. The number of rotatable bonds is 2. The lowest BCUT2D eigenvalue weighted by Gasteiger charge is -2.23. The maximum absolute atomic E-state index is 12.1. The molecule has 0 radical (unpaired) electrons. The smallest absolute Gasteiger partial charge is 0.445 e. The van der Waals surface area contributed by atoms with Crippen molar-refractivity contribution in [2.75, 3.05) is 0 Å². The number of allylic oxidation sites excluding steroid dienone is 1. The van der Waals surface area contributed by atoms with Crippen LogP contribution in [0.4, 0.5) is 12.9 Å². The van der Waals surface area contributed by atoms with Gasteiger partial charge >= 0.3 is 6.98 Å². The fraction of sp³-hybridized carbons (Fsp3) is 0.714. The summed E-state index contributed by atoms with van der Waals surface area (Å²) in [6.45, 7) is -1.67. The molecule has 0 nitrogen and oxygen atoms in total. The van der Waals surface area contributed by atoms with Crippen LogP contribution >= 0.6 is 0 Å². The Morgan fingerprint density at radius 3 is 2.00 bits per heavy atom. The van der Waals surface area contributed by atoms with Gasteiger partial charge in [-0.25, -0.2) is 0 Å². The summed E-state index contributed by atoms with van der Waals surface area (Å²) < 4.78 is 36.2. The Balaban J connectivity index is 2.53. The van der Waals surface area contributed by atoms with Gasteiger partial charge in [0, 0.05) is 0 Å². The third-order valence-electron chi connectivity index (χ3n) is 2.30. The van der Waals surface area contributed by atoms with Crippen molar-refractivity contribution in [3.8, 4) is 0 Å². The van der Waals surface area contributed by atoms with Crippen molar-refractivity contribution >= 4 is 6.98 Å². The second-order valence-corrected chi connectivity index (χ2v) is 3.13. The highest BCUT2D eigenvalue weighted by Crippen LogP contribution is 2.36. The van der Waals surface area contributed by atoms with Crippen LogP contribution in [0, 0.1) is 5.92 Å². The average molecular weight is 163 g/mol. The van der Waals surface area contributed by atoms with E-state index >= 15 is 0 Å². The second kappa shape index (κ2) is 2.91. The molecule has 1 aliphatic carbocycles. The van der Waals surface area contributed by atoms with E-state index in [1.807, 2.05) is 0 Å². The van der Waals surface area contributed by atoms with Crippen LogP contribution in [-0.4, -0.2) is 6.98 Å². The molecule has 0 aromatic carbocycles. The molecular weight excluding hydrogens is 152 g/mol. The third kappa shape index (κ3) is 2.01. The van der Waals surface area contributed by atoms with Crippen molar-refractivity contribution in [1.82, 2.24) is 0 Å². The molecule has 0 bridgehead atoms. The minimum absolute atomic E-state index is 0.269. The Hall–Kier alpha value is -0.405. The highest BCUT2D eigenvalue weighted by molar-refractivity contribution is 6.66. The van der Waals surface area contributed by atoms with Gasteiger partial charge in [-0.1, -0.05) is 12.8 Å². The summed E-state index contributed by atoms with van der Waals surface area (Å²) in [5, 5.41) is 0. The molecule has 1 rings (SSSR count). The second-order valence-electron chi connectivity index (χ2n) is 3.13. The molecule has 11 heavy (non-hydrogen) atoms. The molecule has 4 heteroatoms. The molecule has 0 aliphatic heterocycles. The molecule has 0 amide bonds. The molecule has 1 saturated carbocycles. The van der Waals surface area contributed by atoms with E-state index in [4.69, 9.17) is 0 Å². The summed E-state index contributed by atoms with van der Waals surface area (Å²) in [5.74, 6) is -0.269. The van der Waals surface area contributed by atoms with Crippen LogP contribution in [-0.2, 0) is 0 Å². The van der Waals surface area contributed by atoms with Crippen LogP contribution in [0.3, 0.4) is 0 Å². The van der Waals surface area contributed by atoms with Gasteiger partial charge in [-0.2, -0.15) is 0 Å². The van der Waals surface area contributed by atoms with Crippen LogP contribution in [0.25, 0.3) is 0 Å². The molecule has 1 aliphatic rings. The van der Waals surface area contributed by atoms with Gasteiger partial charge in [0.25, 0.3) is 0 Å². The van der Waals surface area contributed by atoms with E-state index in [1.165, 1.54) is 0 Å². The summed E-state index contributed by atoms with van der Waals surface area (Å²) in [7, 11) is 0. The van der Waals surface area contributed by atoms with Crippen LogP contribution in [0.5, 0.6) is 0 Å². The van der Waals surface area contributed by atoms with E-state index in [0.717, 1.165) is 12.8 Å². The maximum atomic E-state index is 12.1. The first kappa shape index (κ1) is 8.69. The summed E-state index contributed by atoms with van der Waals surface area (Å²) in [4.78, 5) is 0. The average Bonchev–Trinajstić information content (AvgIpc) is 2.34. The van der Waals surface area contributed by atoms with Gasteiger partial charge in [-0.15, -0.1) is 12.1 Å². The van der Waals surface area contributed by atoms with E-state index < -0.39 is 12.4 Å². The molecule has 1 fully saturated rings. The molecule has 0 saturated heterocycles. The largest absolute Gasteiger partial charge is 0.505 e. The topological polar surface area (TPSA) is 0 Å². The molecule has 0 atom stereocenters. The molecule has 0 aromatic heterocycles. The Morgan fingerprint density at radius 2 is 1.64 bits per heavy atom. The van der Waals surface area contributed by atoms with E-state index in [2.05, 4.69) is 6.58 Å². The lowest BCUT2D eigenvalue weighted by atomic mass is 9.72. The van der Waals surface area contributed by atoms with Crippen molar-refractivity contribution in [1.29, 1.82) is 0 Å². The lowest BCUT2D eigenvalue weighted by Crippen LogP contribution is -2.23. The van der Waals surface area contributed by atoms with Crippen LogP contribution in [0.15, 0.2) is 12.1 Å². The van der Waals surface area contributed by atoms with Crippen molar-refractivity contribution < 1.29 is 12.9 Å². The number of hydrogen-bond donors (Lipinski definition) is 0. The summed E-state index contributed by atoms with van der Waals surface area (Å²) in [6, 6.07) is 0. The van der Waals surface area contributed by atoms with Gasteiger partial charge in [0.2, 0.25) is 0 Å². The van der Waals surface area contributed by atoms with E-state index in [-0.39, 0.29) is 5.92 Å². The predicted molar refractivity (Wildman–Crippen MR) is 40.2 cm³/mol. The zero-order valence-corrected chi connectivity index (χ0v) is 6.32. The summed E-state index contributed by atoms with van der Waals surface area (Å²) >= 11 is 0. The quantitative estimate of drug-likeness (QED) is 0.548. The van der Waals surface area contributed by atoms with Gasteiger partial charge in [-0.3, -0.25) is 0 Å². The van der Waals surface area contributed by atoms with E-state index in [9.17, 15) is 12.9 Å². The fourth-order valence-electron chi connectivity index (χ4n) is 1.56. The van der Waals surface area contributed by atoms with Crippen LogP contribution < -0.4 is 0 Å². The molecule has 0 aromatic rings. The first-order valence-corrected chi connectivity index (χ1v) is 3.90. The third-order valence-corrected chi connectivity index (χ3v) is 2.30. The predicted octanol–water partition coefficient (Wildman–Crippen LogP) is 3.12. The van der Waals surface area contributed by atoms with Gasteiger partial charge in [-0.05, 0) is 18.8 Å². The molecule has 0 unspecified atom stereocenters. The molecule has 64 valence electrons. The van der Waals surface area contributed by atoms with Crippen molar-refractivity contribution in [2.24, 2.45) is 5.92 Å². The van der Waals surface area contributed by atoms with Crippen molar-refractivity contribution in [3.63, 3.8) is 0 Å². The Morgan fingerprint density at radius 1 is 1.18 bits per heavy atom. The van der Waals surface area contributed by atoms with E-state index in [0.29, 0.717) is 12.8 Å². The van der Waals surface area contributed by atoms with Crippen LogP contribution in [0.1, 0.15) is 25.7 Å². The maximum Gasteiger partial charge on any atom is 0.505 e. The van der Waals surface area contributed by atoms with E-state index in [1.54, 1.807) is 0 Å². The first-order valence-electron chi connectivity index (χ1n) is 3.90. The Kier molecular flexibility index (Phi) is 2.30. The van der Waals surface area contributed by atoms with Crippen molar-refractivity contribution in [2.45, 2.75) is 25.7 Å².